The number of carbonyl (C=O) groups is 1. The lowest BCUT2D eigenvalue weighted by atomic mass is 9.93. The molecular formula is C17H18N4O2S. The second-order valence-corrected chi connectivity index (χ2v) is 7.45. The minimum absolute atomic E-state index is 0.242. The van der Waals surface area contributed by atoms with E-state index in [4.69, 9.17) is 10.1 Å². The first-order valence-electron chi connectivity index (χ1n) is 7.96. The summed E-state index contributed by atoms with van der Waals surface area (Å²) in [6.07, 6.45) is 3.33. The Balaban J connectivity index is 1.67. The zero-order valence-corrected chi connectivity index (χ0v) is 14.4. The minimum Gasteiger partial charge on any atom is -0.478 e. The van der Waals surface area contributed by atoms with Crippen LogP contribution >= 0.6 is 11.3 Å². The number of hydrogen-bond acceptors (Lipinski definition) is 5. The number of thiazole rings is 1. The monoisotopic (exact) mass is 342 g/mol. The molecule has 1 aliphatic carbocycles. The number of aromatic carboxylic acids is 1. The van der Waals surface area contributed by atoms with Crippen LogP contribution in [0.2, 0.25) is 0 Å². The molecular weight excluding hydrogens is 324 g/mol. The summed E-state index contributed by atoms with van der Waals surface area (Å²) in [5.41, 5.74) is 2.99. The molecule has 0 bridgehead atoms. The summed E-state index contributed by atoms with van der Waals surface area (Å²) in [6, 6.07) is 4.97. The van der Waals surface area contributed by atoms with Crippen molar-refractivity contribution in [2.75, 3.05) is 5.32 Å². The molecule has 1 aliphatic rings. The maximum atomic E-state index is 11.1. The Morgan fingerprint density at radius 2 is 2.25 bits per heavy atom. The fraction of sp³-hybridized carbons (Fsp3) is 0.353. The molecule has 1 unspecified atom stereocenters. The van der Waals surface area contributed by atoms with Crippen molar-refractivity contribution in [1.82, 2.24) is 14.5 Å². The summed E-state index contributed by atoms with van der Waals surface area (Å²) in [4.78, 5) is 21.7. The molecule has 1 aromatic carbocycles. The van der Waals surface area contributed by atoms with E-state index in [9.17, 15) is 4.79 Å². The zero-order chi connectivity index (χ0) is 16.8. The van der Waals surface area contributed by atoms with Gasteiger partial charge in [-0.1, -0.05) is 6.92 Å². The van der Waals surface area contributed by atoms with Gasteiger partial charge in [0.1, 0.15) is 0 Å². The van der Waals surface area contributed by atoms with Crippen LogP contribution in [0, 0.1) is 5.92 Å². The number of anilines is 2. The molecule has 0 spiro atoms. The van der Waals surface area contributed by atoms with Gasteiger partial charge in [-0.15, -0.1) is 11.3 Å². The first kappa shape index (κ1) is 15.1. The molecule has 0 saturated heterocycles. The van der Waals surface area contributed by atoms with E-state index in [1.54, 1.807) is 29.5 Å². The second kappa shape index (κ2) is 5.59. The first-order valence-corrected chi connectivity index (χ1v) is 8.78. The molecule has 6 nitrogen and oxygen atoms in total. The molecule has 0 saturated carbocycles. The molecule has 3 aromatic rings. The number of nitrogens with zero attached hydrogens (tertiary/aromatic N) is 3. The Morgan fingerprint density at radius 1 is 1.42 bits per heavy atom. The number of carboxylic acid groups (broad SMARTS) is 1. The summed E-state index contributed by atoms with van der Waals surface area (Å²) in [7, 11) is 1.91. The van der Waals surface area contributed by atoms with Crippen LogP contribution in [0.15, 0.2) is 18.2 Å². The predicted molar refractivity (Wildman–Crippen MR) is 94.3 cm³/mol. The number of aromatic nitrogens is 3. The van der Waals surface area contributed by atoms with Crippen LogP contribution < -0.4 is 5.32 Å². The van der Waals surface area contributed by atoms with Crippen LogP contribution in [0.25, 0.3) is 11.0 Å². The third-order valence-corrected chi connectivity index (χ3v) is 5.57. The molecule has 2 N–H and O–H groups in total. The van der Waals surface area contributed by atoms with E-state index in [1.807, 2.05) is 11.6 Å². The summed E-state index contributed by atoms with van der Waals surface area (Å²) < 4.78 is 1.92. The van der Waals surface area contributed by atoms with Gasteiger partial charge in [0.2, 0.25) is 5.95 Å². The minimum atomic E-state index is -0.946. The lowest BCUT2D eigenvalue weighted by molar-refractivity contribution is 0.0697. The van der Waals surface area contributed by atoms with Gasteiger partial charge in [0.25, 0.3) is 0 Å². The molecule has 2 aromatic heterocycles. The van der Waals surface area contributed by atoms with E-state index in [2.05, 4.69) is 17.2 Å². The van der Waals surface area contributed by atoms with Crippen molar-refractivity contribution in [3.05, 3.63) is 34.3 Å². The van der Waals surface area contributed by atoms with Crippen LogP contribution in [0.4, 0.5) is 11.1 Å². The molecule has 1 atom stereocenters. The Hall–Kier alpha value is -2.41. The van der Waals surface area contributed by atoms with Crippen LogP contribution in [0.5, 0.6) is 0 Å². The largest absolute Gasteiger partial charge is 0.478 e. The number of imidazole rings is 1. The third kappa shape index (κ3) is 2.54. The van der Waals surface area contributed by atoms with Gasteiger partial charge in [-0.05, 0) is 43.4 Å². The Labute approximate surface area is 143 Å². The lowest BCUT2D eigenvalue weighted by Gasteiger charge is -2.15. The molecule has 0 radical (unpaired) electrons. The highest BCUT2D eigenvalue weighted by atomic mass is 32.1. The van der Waals surface area contributed by atoms with Gasteiger partial charge >= 0.3 is 5.97 Å². The zero-order valence-electron chi connectivity index (χ0n) is 13.5. The van der Waals surface area contributed by atoms with Crippen LogP contribution in [0.3, 0.4) is 0 Å². The first-order chi connectivity index (χ1) is 11.5. The van der Waals surface area contributed by atoms with E-state index in [0.717, 1.165) is 29.4 Å². The highest BCUT2D eigenvalue weighted by Crippen LogP contribution is 2.33. The molecule has 24 heavy (non-hydrogen) atoms. The molecule has 4 rings (SSSR count). The Bertz CT molecular complexity index is 944. The van der Waals surface area contributed by atoms with Crippen molar-refractivity contribution >= 4 is 39.4 Å². The lowest BCUT2D eigenvalue weighted by Crippen LogP contribution is -2.09. The molecule has 2 heterocycles. The van der Waals surface area contributed by atoms with E-state index >= 15 is 0 Å². The molecule has 0 amide bonds. The van der Waals surface area contributed by atoms with Crippen molar-refractivity contribution < 1.29 is 9.90 Å². The van der Waals surface area contributed by atoms with E-state index in [0.29, 0.717) is 11.5 Å². The summed E-state index contributed by atoms with van der Waals surface area (Å²) in [5.74, 6) is 0.446. The number of fused-ring (bicyclic) bond motifs is 2. The topological polar surface area (TPSA) is 80.0 Å². The number of benzene rings is 1. The Kier molecular flexibility index (Phi) is 3.53. The quantitative estimate of drug-likeness (QED) is 0.760. The van der Waals surface area contributed by atoms with Crippen LogP contribution in [0.1, 0.15) is 34.3 Å². The normalized spacial score (nSPS) is 17.0. The Morgan fingerprint density at radius 3 is 3.04 bits per heavy atom. The number of nitrogens with one attached hydrogen (secondary N) is 1. The van der Waals surface area contributed by atoms with E-state index in [1.165, 1.54) is 17.0 Å². The van der Waals surface area contributed by atoms with Gasteiger partial charge in [-0.25, -0.2) is 14.8 Å². The van der Waals surface area contributed by atoms with Crippen molar-refractivity contribution in [1.29, 1.82) is 0 Å². The van der Waals surface area contributed by atoms with Gasteiger partial charge in [-0.2, -0.15) is 0 Å². The van der Waals surface area contributed by atoms with Crippen molar-refractivity contribution in [2.45, 2.75) is 26.2 Å². The number of hydrogen-bond donors (Lipinski definition) is 2. The maximum Gasteiger partial charge on any atom is 0.335 e. The van der Waals surface area contributed by atoms with Crippen LogP contribution in [-0.4, -0.2) is 25.6 Å². The SMILES string of the molecule is CC1CCc2nc(Nc3nc4cc(C(=O)O)ccc4n3C)sc2C1. The van der Waals surface area contributed by atoms with Gasteiger partial charge in [-0.3, -0.25) is 0 Å². The fourth-order valence-electron chi connectivity index (χ4n) is 3.13. The van der Waals surface area contributed by atoms with E-state index < -0.39 is 5.97 Å². The highest BCUT2D eigenvalue weighted by molar-refractivity contribution is 7.15. The molecule has 7 heteroatoms. The maximum absolute atomic E-state index is 11.1. The van der Waals surface area contributed by atoms with Crippen molar-refractivity contribution in [2.24, 2.45) is 13.0 Å². The summed E-state index contributed by atoms with van der Waals surface area (Å²) in [6.45, 7) is 2.28. The highest BCUT2D eigenvalue weighted by Gasteiger charge is 2.20. The smallest absolute Gasteiger partial charge is 0.335 e. The van der Waals surface area contributed by atoms with Gasteiger partial charge < -0.3 is 15.0 Å². The third-order valence-electron chi connectivity index (χ3n) is 4.53. The van der Waals surface area contributed by atoms with Gasteiger partial charge in [0.15, 0.2) is 5.13 Å². The molecule has 124 valence electrons. The standard InChI is InChI=1S/C17H18N4O2S/c1-9-3-5-11-14(7-9)24-17(19-11)20-16-18-12-8-10(15(22)23)4-6-13(12)21(16)2/h4,6,8-9H,3,5,7H2,1-2H3,(H,22,23)(H,18,19,20). The molecule has 0 fully saturated rings. The number of carboxylic acids is 1. The van der Waals surface area contributed by atoms with Crippen molar-refractivity contribution in [3.63, 3.8) is 0 Å². The average Bonchev–Trinajstić information content (AvgIpc) is 3.08. The second-order valence-electron chi connectivity index (χ2n) is 6.36. The number of aryl methyl sites for hydroxylation is 2. The number of rotatable bonds is 3. The molecule has 0 aliphatic heterocycles. The average molecular weight is 342 g/mol. The van der Waals surface area contributed by atoms with Gasteiger partial charge in [0.05, 0.1) is 22.3 Å². The summed E-state index contributed by atoms with van der Waals surface area (Å²) >= 11 is 1.69. The fourth-order valence-corrected chi connectivity index (χ4v) is 4.30. The predicted octanol–water partition coefficient (Wildman–Crippen LogP) is 3.60. The summed E-state index contributed by atoms with van der Waals surface area (Å²) in [5, 5.41) is 13.3. The van der Waals surface area contributed by atoms with E-state index in [-0.39, 0.29) is 5.56 Å². The van der Waals surface area contributed by atoms with Gasteiger partial charge in [0, 0.05) is 11.9 Å². The van der Waals surface area contributed by atoms with Crippen molar-refractivity contribution in [3.8, 4) is 0 Å². The van der Waals surface area contributed by atoms with Crippen LogP contribution in [-0.2, 0) is 19.9 Å².